The highest BCUT2D eigenvalue weighted by atomic mass is 16.6. The van der Waals surface area contributed by atoms with Gasteiger partial charge in [0.1, 0.15) is 6.10 Å². The first-order valence-electron chi connectivity index (χ1n) is 5.18. The molecular formula is C10H14O4. The van der Waals surface area contributed by atoms with Crippen LogP contribution in [0.25, 0.3) is 0 Å². The zero-order chi connectivity index (χ0) is 10.0. The van der Waals surface area contributed by atoms with Crippen LogP contribution < -0.4 is 0 Å². The maximum absolute atomic E-state index is 11.5. The molecule has 6 atom stereocenters. The van der Waals surface area contributed by atoms with Crippen LogP contribution in [-0.4, -0.2) is 28.6 Å². The van der Waals surface area contributed by atoms with Gasteiger partial charge in [-0.1, -0.05) is 6.92 Å². The Labute approximate surface area is 81.9 Å². The first kappa shape index (κ1) is 8.68. The summed E-state index contributed by atoms with van der Waals surface area (Å²) in [6, 6.07) is 0. The van der Waals surface area contributed by atoms with Gasteiger partial charge in [-0.15, -0.1) is 0 Å². The van der Waals surface area contributed by atoms with E-state index in [9.17, 15) is 15.0 Å². The lowest BCUT2D eigenvalue weighted by Gasteiger charge is -2.30. The van der Waals surface area contributed by atoms with E-state index in [-0.39, 0.29) is 41.7 Å². The molecule has 3 aliphatic rings. The summed E-state index contributed by atoms with van der Waals surface area (Å²) in [5, 5.41) is 18.6. The Morgan fingerprint density at radius 2 is 2.14 bits per heavy atom. The fourth-order valence-electron chi connectivity index (χ4n) is 3.85. The number of aliphatic hydroxyl groups is 2. The zero-order valence-electron chi connectivity index (χ0n) is 7.96. The fraction of sp³-hybridized carbons (Fsp3) is 0.900. The third-order valence-electron chi connectivity index (χ3n) is 4.40. The molecule has 78 valence electrons. The summed E-state index contributed by atoms with van der Waals surface area (Å²) in [7, 11) is 0. The minimum atomic E-state index is -1.37. The number of hydrogen-bond acceptors (Lipinski definition) is 4. The smallest absolute Gasteiger partial charge is 0.310 e. The Balaban J connectivity index is 2.00. The molecule has 2 saturated carbocycles. The summed E-state index contributed by atoms with van der Waals surface area (Å²) in [4.78, 5) is 11.5. The van der Waals surface area contributed by atoms with E-state index in [4.69, 9.17) is 4.74 Å². The summed E-state index contributed by atoms with van der Waals surface area (Å²) >= 11 is 0. The highest BCUT2D eigenvalue weighted by molar-refractivity contribution is 5.77. The number of carbonyl (C=O) groups excluding carboxylic acids is 1. The summed E-state index contributed by atoms with van der Waals surface area (Å²) in [5.41, 5.74) is 0. The van der Waals surface area contributed by atoms with E-state index in [0.29, 0.717) is 0 Å². The maximum atomic E-state index is 11.5. The zero-order valence-corrected chi connectivity index (χ0v) is 7.96. The molecule has 4 heteroatoms. The summed E-state index contributed by atoms with van der Waals surface area (Å²) < 4.78 is 5.27. The SMILES string of the molecule is CC1C2CC3C1OC(=O)C3C2C(O)O. The van der Waals surface area contributed by atoms with Gasteiger partial charge in [0.25, 0.3) is 0 Å². The molecule has 0 aromatic carbocycles. The second-order valence-electron chi connectivity index (χ2n) is 4.84. The van der Waals surface area contributed by atoms with Gasteiger partial charge >= 0.3 is 5.97 Å². The van der Waals surface area contributed by atoms with Gasteiger partial charge < -0.3 is 14.9 Å². The molecule has 1 heterocycles. The van der Waals surface area contributed by atoms with Crippen LogP contribution in [0.1, 0.15) is 13.3 Å². The molecule has 0 spiro atoms. The molecule has 2 N–H and O–H groups in total. The van der Waals surface area contributed by atoms with Crippen LogP contribution in [0.3, 0.4) is 0 Å². The number of carbonyl (C=O) groups is 1. The minimum absolute atomic E-state index is 0.0486. The van der Waals surface area contributed by atoms with Crippen molar-refractivity contribution in [2.24, 2.45) is 29.6 Å². The van der Waals surface area contributed by atoms with Crippen LogP contribution in [-0.2, 0) is 9.53 Å². The normalized spacial score (nSPS) is 54.4. The lowest BCUT2D eigenvalue weighted by molar-refractivity contribution is -0.150. The van der Waals surface area contributed by atoms with Gasteiger partial charge in [0.2, 0.25) is 0 Å². The van der Waals surface area contributed by atoms with Crippen LogP contribution in [0.2, 0.25) is 0 Å². The first-order chi connectivity index (χ1) is 6.61. The van der Waals surface area contributed by atoms with Crippen molar-refractivity contribution in [2.75, 3.05) is 0 Å². The predicted octanol–water partition coefficient (Wildman–Crippen LogP) is -0.259. The number of aliphatic hydroxyl groups excluding tert-OH is 1. The second kappa shape index (κ2) is 2.49. The van der Waals surface area contributed by atoms with Crippen molar-refractivity contribution in [3.8, 4) is 0 Å². The van der Waals surface area contributed by atoms with Crippen molar-refractivity contribution in [3.63, 3.8) is 0 Å². The molecule has 0 aromatic heterocycles. The Morgan fingerprint density at radius 1 is 1.43 bits per heavy atom. The van der Waals surface area contributed by atoms with Gasteiger partial charge in [0.05, 0.1) is 5.92 Å². The van der Waals surface area contributed by atoms with Gasteiger partial charge in [-0.3, -0.25) is 4.79 Å². The fourth-order valence-corrected chi connectivity index (χ4v) is 3.85. The van der Waals surface area contributed by atoms with E-state index in [0.717, 1.165) is 6.42 Å². The van der Waals surface area contributed by atoms with Crippen molar-refractivity contribution in [1.29, 1.82) is 0 Å². The van der Waals surface area contributed by atoms with E-state index < -0.39 is 6.29 Å². The highest BCUT2D eigenvalue weighted by Crippen LogP contribution is 2.60. The standard InChI is InChI=1S/C10H14O4/c1-3-4-2-5-7(6(4)9(11)12)10(13)14-8(3)5/h3-9,11-12H,2H2,1H3. The topological polar surface area (TPSA) is 66.8 Å². The Bertz CT molecular complexity index is 288. The summed E-state index contributed by atoms with van der Waals surface area (Å²) in [5.74, 6) is 0.0256. The molecule has 3 rings (SSSR count). The van der Waals surface area contributed by atoms with Crippen LogP contribution in [0.5, 0.6) is 0 Å². The molecule has 0 aromatic rings. The molecule has 2 aliphatic carbocycles. The molecule has 0 radical (unpaired) electrons. The van der Waals surface area contributed by atoms with Crippen LogP contribution in [0.4, 0.5) is 0 Å². The predicted molar refractivity (Wildman–Crippen MR) is 45.8 cm³/mol. The quantitative estimate of drug-likeness (QED) is 0.450. The van der Waals surface area contributed by atoms with E-state index >= 15 is 0 Å². The Kier molecular flexibility index (Phi) is 1.55. The third kappa shape index (κ3) is 0.792. The number of ether oxygens (including phenoxy) is 1. The number of esters is 1. The van der Waals surface area contributed by atoms with Crippen LogP contribution in [0.15, 0.2) is 0 Å². The Hall–Kier alpha value is -0.610. The Morgan fingerprint density at radius 3 is 2.79 bits per heavy atom. The number of hydrogen-bond donors (Lipinski definition) is 2. The second-order valence-corrected chi connectivity index (χ2v) is 4.84. The van der Waals surface area contributed by atoms with Crippen molar-refractivity contribution in [3.05, 3.63) is 0 Å². The monoisotopic (exact) mass is 198 g/mol. The highest BCUT2D eigenvalue weighted by Gasteiger charge is 2.66. The van der Waals surface area contributed by atoms with E-state index in [1.54, 1.807) is 0 Å². The maximum Gasteiger partial charge on any atom is 0.310 e. The average molecular weight is 198 g/mol. The van der Waals surface area contributed by atoms with Gasteiger partial charge in [-0.05, 0) is 18.3 Å². The molecular weight excluding hydrogens is 184 g/mol. The van der Waals surface area contributed by atoms with Gasteiger partial charge in [0.15, 0.2) is 6.29 Å². The van der Waals surface area contributed by atoms with Crippen molar-refractivity contribution < 1.29 is 19.7 Å². The van der Waals surface area contributed by atoms with Crippen molar-refractivity contribution >= 4 is 5.97 Å². The molecule has 4 nitrogen and oxygen atoms in total. The molecule has 2 bridgehead atoms. The lowest BCUT2D eigenvalue weighted by atomic mass is 9.74. The van der Waals surface area contributed by atoms with Gasteiger partial charge in [-0.25, -0.2) is 0 Å². The van der Waals surface area contributed by atoms with E-state index in [1.807, 2.05) is 6.92 Å². The molecule has 3 fully saturated rings. The van der Waals surface area contributed by atoms with Gasteiger partial charge in [-0.2, -0.15) is 0 Å². The molecule has 1 aliphatic heterocycles. The molecule has 1 saturated heterocycles. The van der Waals surface area contributed by atoms with E-state index in [2.05, 4.69) is 0 Å². The lowest BCUT2D eigenvalue weighted by Crippen LogP contribution is -2.38. The van der Waals surface area contributed by atoms with Crippen molar-refractivity contribution in [2.45, 2.75) is 25.7 Å². The first-order valence-corrected chi connectivity index (χ1v) is 5.18. The largest absolute Gasteiger partial charge is 0.462 e. The third-order valence-corrected chi connectivity index (χ3v) is 4.40. The van der Waals surface area contributed by atoms with Crippen molar-refractivity contribution in [1.82, 2.24) is 0 Å². The summed E-state index contributed by atoms with van der Waals surface area (Å²) in [6.07, 6.45) is -0.401. The number of fused-ring (bicyclic) bond motifs is 1. The van der Waals surface area contributed by atoms with Crippen LogP contribution in [0, 0.1) is 29.6 Å². The summed E-state index contributed by atoms with van der Waals surface area (Å²) in [6.45, 7) is 2.04. The number of rotatable bonds is 1. The molecule has 0 amide bonds. The van der Waals surface area contributed by atoms with Crippen LogP contribution >= 0.6 is 0 Å². The van der Waals surface area contributed by atoms with Gasteiger partial charge in [0, 0.05) is 11.8 Å². The molecule has 6 unspecified atom stereocenters. The average Bonchev–Trinajstić information content (AvgIpc) is 2.67. The van der Waals surface area contributed by atoms with E-state index in [1.165, 1.54) is 0 Å². The molecule has 14 heavy (non-hydrogen) atoms. The minimum Gasteiger partial charge on any atom is -0.462 e.